The Morgan fingerprint density at radius 1 is 1.04 bits per heavy atom. The highest BCUT2D eigenvalue weighted by molar-refractivity contribution is 5.78. The van der Waals surface area contributed by atoms with Gasteiger partial charge in [-0.25, -0.2) is 0 Å². The molecule has 136 valence electrons. The van der Waals surface area contributed by atoms with Gasteiger partial charge in [-0.05, 0) is 24.0 Å². The summed E-state index contributed by atoms with van der Waals surface area (Å²) >= 11 is 0. The van der Waals surface area contributed by atoms with E-state index >= 15 is 0 Å². The van der Waals surface area contributed by atoms with Gasteiger partial charge in [0.1, 0.15) is 0 Å². The second-order valence-electron chi connectivity index (χ2n) is 6.91. The molecule has 1 N–H and O–H groups in total. The molecule has 0 unspecified atom stereocenters. The smallest absolute Gasteiger partial charge is 0.222 e. The van der Waals surface area contributed by atoms with Crippen molar-refractivity contribution < 1.29 is 9.59 Å². The van der Waals surface area contributed by atoms with E-state index in [0.717, 1.165) is 6.42 Å². The van der Waals surface area contributed by atoms with Crippen molar-refractivity contribution in [1.29, 1.82) is 0 Å². The highest BCUT2D eigenvalue weighted by atomic mass is 16.2. The molecule has 2 amide bonds. The summed E-state index contributed by atoms with van der Waals surface area (Å²) in [5.74, 6) is 0.205. The fraction of sp³-hybridized carbons (Fsp3) is 0.364. The molecule has 1 saturated heterocycles. The number of nitrogens with zero attached hydrogens (tertiary/aromatic N) is 1. The molecule has 1 fully saturated rings. The van der Waals surface area contributed by atoms with Crippen molar-refractivity contribution >= 4 is 11.8 Å². The lowest BCUT2D eigenvalue weighted by Crippen LogP contribution is -2.50. The van der Waals surface area contributed by atoms with Crippen LogP contribution in [0.5, 0.6) is 0 Å². The Hall–Kier alpha value is -2.62. The predicted octanol–water partition coefficient (Wildman–Crippen LogP) is 3.12. The van der Waals surface area contributed by atoms with Crippen LogP contribution < -0.4 is 5.32 Å². The largest absolute Gasteiger partial charge is 0.359 e. The third kappa shape index (κ3) is 3.79. The quantitative estimate of drug-likeness (QED) is 0.870. The van der Waals surface area contributed by atoms with Crippen molar-refractivity contribution in [1.82, 2.24) is 10.2 Å². The zero-order valence-corrected chi connectivity index (χ0v) is 15.3. The second kappa shape index (κ2) is 8.17. The van der Waals surface area contributed by atoms with Crippen LogP contribution in [0.15, 0.2) is 60.7 Å². The van der Waals surface area contributed by atoms with Crippen LogP contribution in [0.4, 0.5) is 0 Å². The maximum atomic E-state index is 12.5. The minimum Gasteiger partial charge on any atom is -0.359 e. The van der Waals surface area contributed by atoms with Crippen LogP contribution in [0, 0.1) is 0 Å². The van der Waals surface area contributed by atoms with E-state index in [1.165, 1.54) is 11.1 Å². The van der Waals surface area contributed by atoms with Gasteiger partial charge < -0.3 is 10.2 Å². The lowest BCUT2D eigenvalue weighted by Gasteiger charge is -2.43. The normalized spacial score (nSPS) is 16.3. The Balaban J connectivity index is 1.87. The number of benzene rings is 2. The highest BCUT2D eigenvalue weighted by Crippen LogP contribution is 2.40. The third-order valence-electron chi connectivity index (χ3n) is 5.34. The molecule has 0 bridgehead atoms. The van der Waals surface area contributed by atoms with E-state index < -0.39 is 0 Å². The minimum absolute atomic E-state index is 0.0202. The first-order chi connectivity index (χ1) is 12.7. The number of rotatable bonds is 6. The Bertz CT molecular complexity index is 704. The Labute approximate surface area is 155 Å². The summed E-state index contributed by atoms with van der Waals surface area (Å²) in [6.45, 7) is 1.28. The predicted molar refractivity (Wildman–Crippen MR) is 103 cm³/mol. The van der Waals surface area contributed by atoms with E-state index in [4.69, 9.17) is 0 Å². The van der Waals surface area contributed by atoms with Gasteiger partial charge in [-0.1, -0.05) is 60.7 Å². The average molecular weight is 350 g/mol. The number of carbonyl (C=O) groups is 2. The van der Waals surface area contributed by atoms with E-state index in [9.17, 15) is 9.59 Å². The summed E-state index contributed by atoms with van der Waals surface area (Å²) < 4.78 is 0. The van der Waals surface area contributed by atoms with Crippen molar-refractivity contribution in [3.63, 3.8) is 0 Å². The van der Waals surface area contributed by atoms with E-state index in [2.05, 4.69) is 53.8 Å². The van der Waals surface area contributed by atoms with Gasteiger partial charge in [-0.2, -0.15) is 0 Å². The van der Waals surface area contributed by atoms with E-state index in [0.29, 0.717) is 32.4 Å². The van der Waals surface area contributed by atoms with Gasteiger partial charge in [0.2, 0.25) is 11.8 Å². The molecule has 1 aliphatic rings. The van der Waals surface area contributed by atoms with Crippen molar-refractivity contribution in [2.45, 2.75) is 31.1 Å². The molecule has 0 saturated carbocycles. The molecule has 2 aromatic rings. The van der Waals surface area contributed by atoms with Crippen LogP contribution in [0.25, 0.3) is 0 Å². The topological polar surface area (TPSA) is 49.4 Å². The number of hydrogen-bond acceptors (Lipinski definition) is 2. The van der Waals surface area contributed by atoms with Crippen molar-refractivity contribution in [2.75, 3.05) is 20.1 Å². The van der Waals surface area contributed by atoms with Gasteiger partial charge in [0.25, 0.3) is 0 Å². The Kier molecular flexibility index (Phi) is 5.71. The van der Waals surface area contributed by atoms with Crippen LogP contribution in [0.2, 0.25) is 0 Å². The van der Waals surface area contributed by atoms with Crippen molar-refractivity contribution in [2.24, 2.45) is 0 Å². The van der Waals surface area contributed by atoms with E-state index in [1.807, 2.05) is 17.0 Å². The molecule has 0 aromatic heterocycles. The molecule has 1 heterocycles. The van der Waals surface area contributed by atoms with Crippen LogP contribution in [-0.2, 0) is 15.0 Å². The summed E-state index contributed by atoms with van der Waals surface area (Å²) in [7, 11) is 1.64. The van der Waals surface area contributed by atoms with Gasteiger partial charge in [0, 0.05) is 38.4 Å². The Morgan fingerprint density at radius 3 is 2.15 bits per heavy atom. The lowest BCUT2D eigenvalue weighted by atomic mass is 9.69. The number of hydrogen-bond donors (Lipinski definition) is 1. The molecule has 1 aliphatic heterocycles. The molecular weight excluding hydrogens is 324 g/mol. The molecule has 3 rings (SSSR count). The van der Waals surface area contributed by atoms with E-state index in [1.54, 1.807) is 7.05 Å². The molecule has 26 heavy (non-hydrogen) atoms. The fourth-order valence-electron chi connectivity index (χ4n) is 3.88. The zero-order valence-electron chi connectivity index (χ0n) is 15.3. The average Bonchev–Trinajstić information content (AvgIpc) is 2.70. The molecule has 4 heteroatoms. The van der Waals surface area contributed by atoms with Gasteiger partial charge in [0.05, 0.1) is 0 Å². The standard InChI is InChI=1S/C22H26N2O2/c1-23-20(25)13-8-16-24-17-22(15-14-21(24)26,18-9-4-2-5-10-18)19-11-6-3-7-12-19/h2-7,9-12H,8,13-17H2,1H3,(H,23,25). The molecule has 0 aliphatic carbocycles. The molecule has 0 spiro atoms. The maximum absolute atomic E-state index is 12.5. The summed E-state index contributed by atoms with van der Waals surface area (Å²) in [4.78, 5) is 25.9. The molecule has 0 atom stereocenters. The third-order valence-corrected chi connectivity index (χ3v) is 5.34. The number of amides is 2. The van der Waals surface area contributed by atoms with Crippen LogP contribution in [-0.4, -0.2) is 36.9 Å². The first-order valence-electron chi connectivity index (χ1n) is 9.25. The Morgan fingerprint density at radius 2 is 1.62 bits per heavy atom. The summed E-state index contributed by atoms with van der Waals surface area (Å²) in [6, 6.07) is 20.9. The van der Waals surface area contributed by atoms with Crippen LogP contribution in [0.1, 0.15) is 36.8 Å². The number of piperidine rings is 1. The van der Waals surface area contributed by atoms with Gasteiger partial charge >= 0.3 is 0 Å². The highest BCUT2D eigenvalue weighted by Gasteiger charge is 2.41. The maximum Gasteiger partial charge on any atom is 0.222 e. The number of carbonyl (C=O) groups excluding carboxylic acids is 2. The summed E-state index contributed by atoms with van der Waals surface area (Å²) in [5, 5.41) is 2.64. The van der Waals surface area contributed by atoms with Crippen LogP contribution >= 0.6 is 0 Å². The number of nitrogens with one attached hydrogen (secondary N) is 1. The summed E-state index contributed by atoms with van der Waals surface area (Å²) in [5.41, 5.74) is 2.30. The molecule has 4 nitrogen and oxygen atoms in total. The zero-order chi connectivity index (χ0) is 18.4. The second-order valence-corrected chi connectivity index (χ2v) is 6.91. The van der Waals surface area contributed by atoms with E-state index in [-0.39, 0.29) is 17.2 Å². The fourth-order valence-corrected chi connectivity index (χ4v) is 3.88. The first-order valence-corrected chi connectivity index (χ1v) is 9.25. The van der Waals surface area contributed by atoms with Gasteiger partial charge in [0.15, 0.2) is 0 Å². The van der Waals surface area contributed by atoms with Gasteiger partial charge in [-0.3, -0.25) is 9.59 Å². The lowest BCUT2D eigenvalue weighted by molar-refractivity contribution is -0.135. The van der Waals surface area contributed by atoms with Gasteiger partial charge in [-0.15, -0.1) is 0 Å². The number of likely N-dealkylation sites (tertiary alicyclic amines) is 1. The molecular formula is C22H26N2O2. The molecule has 0 radical (unpaired) electrons. The van der Waals surface area contributed by atoms with Crippen molar-refractivity contribution in [3.8, 4) is 0 Å². The first kappa shape index (κ1) is 18.2. The van der Waals surface area contributed by atoms with Crippen LogP contribution in [0.3, 0.4) is 0 Å². The minimum atomic E-state index is -0.191. The van der Waals surface area contributed by atoms with Crippen molar-refractivity contribution in [3.05, 3.63) is 71.8 Å². The summed E-state index contributed by atoms with van der Waals surface area (Å²) in [6.07, 6.45) is 2.48. The SMILES string of the molecule is CNC(=O)CCCN1CC(c2ccccc2)(c2ccccc2)CCC1=O. The monoisotopic (exact) mass is 350 g/mol. The molecule has 2 aromatic carbocycles.